The molecule has 4 heteroatoms. The molecule has 1 amide bonds. The number of benzene rings is 2. The average Bonchev–Trinajstić information content (AvgIpc) is 2.54. The van der Waals surface area contributed by atoms with E-state index in [2.05, 4.69) is 5.32 Å². The molecular weight excluding hydrogens is 281 g/mol. The van der Waals surface area contributed by atoms with Gasteiger partial charge in [0.25, 0.3) is 5.91 Å². The van der Waals surface area contributed by atoms with Crippen LogP contribution < -0.4 is 10.1 Å². The van der Waals surface area contributed by atoms with Gasteiger partial charge >= 0.3 is 0 Å². The fourth-order valence-electron chi connectivity index (χ4n) is 2.15. The van der Waals surface area contributed by atoms with Gasteiger partial charge in [0.15, 0.2) is 17.7 Å². The Hall–Kier alpha value is -2.36. The Labute approximate surface area is 130 Å². The van der Waals surface area contributed by atoms with Gasteiger partial charge in [0.05, 0.1) is 6.04 Å². The van der Waals surface area contributed by atoms with E-state index < -0.39 is 11.9 Å². The maximum Gasteiger partial charge on any atom is 0.261 e. The van der Waals surface area contributed by atoms with Crippen molar-refractivity contribution in [1.82, 2.24) is 5.32 Å². The zero-order chi connectivity index (χ0) is 15.9. The number of carbonyl (C=O) groups is 1. The number of rotatable bonds is 6. The van der Waals surface area contributed by atoms with Gasteiger partial charge in [0.2, 0.25) is 0 Å². The fourth-order valence-corrected chi connectivity index (χ4v) is 2.15. The van der Waals surface area contributed by atoms with Crippen molar-refractivity contribution in [2.45, 2.75) is 32.4 Å². The fraction of sp³-hybridized carbons (Fsp3) is 0.278. The summed E-state index contributed by atoms with van der Waals surface area (Å²) in [6, 6.07) is 15.6. The molecule has 0 spiro atoms. The number of hydrogen-bond donors (Lipinski definition) is 1. The molecule has 22 heavy (non-hydrogen) atoms. The minimum Gasteiger partial charge on any atom is -0.478 e. The molecule has 0 radical (unpaired) electrons. The molecule has 116 valence electrons. The third-order valence-electron chi connectivity index (χ3n) is 3.43. The number of amides is 1. The van der Waals surface area contributed by atoms with E-state index in [9.17, 15) is 9.18 Å². The Morgan fingerprint density at radius 2 is 1.77 bits per heavy atom. The minimum absolute atomic E-state index is 0.0943. The third kappa shape index (κ3) is 4.07. The molecule has 2 aromatic rings. The predicted octanol–water partition coefficient (Wildman–Crippen LogP) is 3.86. The van der Waals surface area contributed by atoms with E-state index in [4.69, 9.17) is 4.74 Å². The highest BCUT2D eigenvalue weighted by atomic mass is 19.1. The Morgan fingerprint density at radius 1 is 1.14 bits per heavy atom. The molecule has 0 aliphatic carbocycles. The van der Waals surface area contributed by atoms with Crippen molar-refractivity contribution in [1.29, 1.82) is 0 Å². The number of halogens is 1. The molecule has 2 aromatic carbocycles. The number of carbonyl (C=O) groups excluding carboxylic acids is 1. The van der Waals surface area contributed by atoms with Gasteiger partial charge in [0.1, 0.15) is 0 Å². The topological polar surface area (TPSA) is 38.3 Å². The number of hydrogen-bond acceptors (Lipinski definition) is 2. The molecular formula is C18H20FNO2. The van der Waals surface area contributed by atoms with Crippen LogP contribution in [0.15, 0.2) is 54.6 Å². The molecule has 0 fully saturated rings. The second-order valence-electron chi connectivity index (χ2n) is 5.09. The van der Waals surface area contributed by atoms with Crippen LogP contribution in [0, 0.1) is 5.82 Å². The van der Waals surface area contributed by atoms with Crippen molar-refractivity contribution in [2.75, 3.05) is 0 Å². The van der Waals surface area contributed by atoms with Crippen LogP contribution in [0.4, 0.5) is 4.39 Å². The van der Waals surface area contributed by atoms with Crippen molar-refractivity contribution in [3.63, 3.8) is 0 Å². The van der Waals surface area contributed by atoms with Crippen molar-refractivity contribution < 1.29 is 13.9 Å². The molecule has 1 N–H and O–H groups in total. The van der Waals surface area contributed by atoms with Gasteiger partial charge in [-0.25, -0.2) is 4.39 Å². The Kier molecular flexibility index (Phi) is 5.53. The highest BCUT2D eigenvalue weighted by Crippen LogP contribution is 2.19. The summed E-state index contributed by atoms with van der Waals surface area (Å²) < 4.78 is 19.1. The number of para-hydroxylation sites is 1. The highest BCUT2D eigenvalue weighted by molar-refractivity contribution is 5.81. The lowest BCUT2D eigenvalue weighted by atomic mass is 10.1. The maximum atomic E-state index is 13.6. The van der Waals surface area contributed by atoms with E-state index in [1.807, 2.05) is 44.2 Å². The molecule has 0 saturated heterocycles. The van der Waals surface area contributed by atoms with Crippen LogP contribution in [0.25, 0.3) is 0 Å². The molecule has 2 atom stereocenters. The molecule has 2 unspecified atom stereocenters. The van der Waals surface area contributed by atoms with E-state index in [1.54, 1.807) is 12.1 Å². The predicted molar refractivity (Wildman–Crippen MR) is 84.1 cm³/mol. The SMILES string of the molecule is CCC(Oc1ccccc1F)C(=O)NC(C)c1ccccc1. The van der Waals surface area contributed by atoms with Crippen molar-refractivity contribution in [3.05, 3.63) is 66.0 Å². The van der Waals surface area contributed by atoms with Crippen LogP contribution in [0.3, 0.4) is 0 Å². The lowest BCUT2D eigenvalue weighted by Crippen LogP contribution is -2.39. The lowest BCUT2D eigenvalue weighted by molar-refractivity contribution is -0.128. The smallest absolute Gasteiger partial charge is 0.261 e. The summed E-state index contributed by atoms with van der Waals surface area (Å²) in [5.41, 5.74) is 1.01. The maximum absolute atomic E-state index is 13.6. The van der Waals surface area contributed by atoms with Crippen LogP contribution in [0.1, 0.15) is 31.9 Å². The third-order valence-corrected chi connectivity index (χ3v) is 3.43. The molecule has 0 aliphatic rings. The van der Waals surface area contributed by atoms with Crippen molar-refractivity contribution in [3.8, 4) is 5.75 Å². The molecule has 2 rings (SSSR count). The van der Waals surface area contributed by atoms with E-state index in [0.29, 0.717) is 6.42 Å². The summed E-state index contributed by atoms with van der Waals surface area (Å²) in [6.07, 6.45) is -0.259. The van der Waals surface area contributed by atoms with Gasteiger partial charge in [-0.05, 0) is 31.0 Å². The van der Waals surface area contributed by atoms with Crippen LogP contribution in [0.5, 0.6) is 5.75 Å². The van der Waals surface area contributed by atoms with Gasteiger partial charge < -0.3 is 10.1 Å². The van der Waals surface area contributed by atoms with Crippen molar-refractivity contribution in [2.24, 2.45) is 0 Å². The second-order valence-corrected chi connectivity index (χ2v) is 5.09. The quantitative estimate of drug-likeness (QED) is 0.880. The van der Waals surface area contributed by atoms with E-state index in [-0.39, 0.29) is 17.7 Å². The summed E-state index contributed by atoms with van der Waals surface area (Å²) in [5, 5.41) is 2.90. The summed E-state index contributed by atoms with van der Waals surface area (Å²) in [6.45, 7) is 3.74. The Balaban J connectivity index is 2.02. The standard InChI is InChI=1S/C18H20FNO2/c1-3-16(22-17-12-8-7-11-15(17)19)18(21)20-13(2)14-9-5-4-6-10-14/h4-13,16H,3H2,1-2H3,(H,20,21). The van der Waals surface area contributed by atoms with E-state index in [1.165, 1.54) is 12.1 Å². The molecule has 0 aromatic heterocycles. The van der Waals surface area contributed by atoms with E-state index in [0.717, 1.165) is 5.56 Å². The van der Waals surface area contributed by atoms with Gasteiger partial charge in [0, 0.05) is 0 Å². The molecule has 0 aliphatic heterocycles. The molecule has 3 nitrogen and oxygen atoms in total. The summed E-state index contributed by atoms with van der Waals surface area (Å²) in [4.78, 5) is 12.3. The summed E-state index contributed by atoms with van der Waals surface area (Å²) in [7, 11) is 0. The van der Waals surface area contributed by atoms with Crippen molar-refractivity contribution >= 4 is 5.91 Å². The second kappa shape index (κ2) is 7.59. The van der Waals surface area contributed by atoms with Gasteiger partial charge in [-0.2, -0.15) is 0 Å². The van der Waals surface area contributed by atoms with Gasteiger partial charge in [-0.15, -0.1) is 0 Å². The molecule has 0 saturated carbocycles. The summed E-state index contributed by atoms with van der Waals surface area (Å²) in [5.74, 6) is -0.621. The number of ether oxygens (including phenoxy) is 1. The highest BCUT2D eigenvalue weighted by Gasteiger charge is 2.21. The van der Waals surface area contributed by atoms with Crippen LogP contribution in [0.2, 0.25) is 0 Å². The molecule has 0 bridgehead atoms. The minimum atomic E-state index is -0.719. The largest absolute Gasteiger partial charge is 0.478 e. The first kappa shape index (κ1) is 16.0. The first-order valence-electron chi connectivity index (χ1n) is 7.38. The van der Waals surface area contributed by atoms with Gasteiger partial charge in [-0.1, -0.05) is 49.4 Å². The van der Waals surface area contributed by atoms with Crippen LogP contribution in [-0.4, -0.2) is 12.0 Å². The zero-order valence-corrected chi connectivity index (χ0v) is 12.8. The Bertz CT molecular complexity index is 615. The first-order valence-corrected chi connectivity index (χ1v) is 7.38. The summed E-state index contributed by atoms with van der Waals surface area (Å²) >= 11 is 0. The lowest BCUT2D eigenvalue weighted by Gasteiger charge is -2.21. The Morgan fingerprint density at radius 3 is 2.41 bits per heavy atom. The number of nitrogens with one attached hydrogen (secondary N) is 1. The first-order chi connectivity index (χ1) is 10.6. The van der Waals surface area contributed by atoms with E-state index >= 15 is 0 Å². The average molecular weight is 301 g/mol. The van der Waals surface area contributed by atoms with Crippen LogP contribution >= 0.6 is 0 Å². The van der Waals surface area contributed by atoms with Gasteiger partial charge in [-0.3, -0.25) is 4.79 Å². The molecule has 0 heterocycles. The normalized spacial score (nSPS) is 13.2. The van der Waals surface area contributed by atoms with Crippen LogP contribution in [-0.2, 0) is 4.79 Å². The monoisotopic (exact) mass is 301 g/mol. The zero-order valence-electron chi connectivity index (χ0n) is 12.8.